The molecule has 2 N–H and O–H groups in total. The first-order valence-electron chi connectivity index (χ1n) is 5.51. The van der Waals surface area contributed by atoms with Gasteiger partial charge in [0.25, 0.3) is 5.69 Å². The van der Waals surface area contributed by atoms with Crippen molar-refractivity contribution in [2.75, 3.05) is 0 Å². The predicted molar refractivity (Wildman–Crippen MR) is 72.5 cm³/mol. The fraction of sp³-hybridized carbons (Fsp3) is 0.0769. The zero-order valence-corrected chi connectivity index (χ0v) is 10.6. The summed E-state index contributed by atoms with van der Waals surface area (Å²) in [6.45, 7) is 0.293. The summed E-state index contributed by atoms with van der Waals surface area (Å²) >= 11 is 5.89. The van der Waals surface area contributed by atoms with Crippen LogP contribution < -0.4 is 10.5 Å². The molecule has 0 spiro atoms. The molecular formula is C13H11ClN2O3. The SMILES string of the molecule is NCc1ccc(Cl)cc1Oc1cccc([N+](=O)[O-])c1. The van der Waals surface area contributed by atoms with Gasteiger partial charge in [0.15, 0.2) is 0 Å². The zero-order chi connectivity index (χ0) is 13.8. The van der Waals surface area contributed by atoms with E-state index in [1.165, 1.54) is 12.1 Å². The minimum Gasteiger partial charge on any atom is -0.457 e. The summed E-state index contributed by atoms with van der Waals surface area (Å²) in [5, 5.41) is 11.2. The van der Waals surface area contributed by atoms with E-state index in [0.29, 0.717) is 23.1 Å². The number of ether oxygens (including phenoxy) is 1. The molecule has 6 heteroatoms. The lowest BCUT2D eigenvalue weighted by Crippen LogP contribution is -1.99. The van der Waals surface area contributed by atoms with Gasteiger partial charge in [-0.25, -0.2) is 0 Å². The molecule has 0 atom stereocenters. The average molecular weight is 279 g/mol. The molecule has 2 aromatic carbocycles. The second-order valence-corrected chi connectivity index (χ2v) is 4.25. The second kappa shape index (κ2) is 5.69. The highest BCUT2D eigenvalue weighted by atomic mass is 35.5. The Labute approximate surface area is 114 Å². The normalized spacial score (nSPS) is 10.2. The van der Waals surface area contributed by atoms with E-state index < -0.39 is 4.92 Å². The van der Waals surface area contributed by atoms with Gasteiger partial charge in [-0.05, 0) is 18.2 Å². The molecule has 2 aromatic rings. The first-order valence-corrected chi connectivity index (χ1v) is 5.89. The van der Waals surface area contributed by atoms with Crippen molar-refractivity contribution in [1.29, 1.82) is 0 Å². The van der Waals surface area contributed by atoms with E-state index >= 15 is 0 Å². The minimum absolute atomic E-state index is 0.0335. The number of hydrogen-bond donors (Lipinski definition) is 1. The molecule has 0 bridgehead atoms. The van der Waals surface area contributed by atoms with Crippen LogP contribution in [-0.2, 0) is 6.54 Å². The molecule has 0 fully saturated rings. The van der Waals surface area contributed by atoms with Crippen LogP contribution in [0.2, 0.25) is 5.02 Å². The molecule has 0 aliphatic carbocycles. The molecular weight excluding hydrogens is 268 g/mol. The Hall–Kier alpha value is -2.11. The molecule has 0 aromatic heterocycles. The van der Waals surface area contributed by atoms with E-state index in [1.807, 2.05) is 0 Å². The highest BCUT2D eigenvalue weighted by Gasteiger charge is 2.09. The van der Waals surface area contributed by atoms with Crippen molar-refractivity contribution in [2.45, 2.75) is 6.54 Å². The average Bonchev–Trinajstić information content (AvgIpc) is 2.39. The van der Waals surface area contributed by atoms with E-state index in [9.17, 15) is 10.1 Å². The van der Waals surface area contributed by atoms with Gasteiger partial charge >= 0.3 is 0 Å². The van der Waals surface area contributed by atoms with Crippen LogP contribution in [0, 0.1) is 10.1 Å². The lowest BCUT2D eigenvalue weighted by atomic mass is 10.2. The number of halogens is 1. The molecule has 0 radical (unpaired) electrons. The van der Waals surface area contributed by atoms with E-state index in [-0.39, 0.29) is 5.69 Å². The Morgan fingerprint density at radius 3 is 2.74 bits per heavy atom. The molecule has 0 aliphatic rings. The Balaban J connectivity index is 2.33. The van der Waals surface area contributed by atoms with Crippen LogP contribution >= 0.6 is 11.6 Å². The molecule has 0 heterocycles. The molecule has 0 saturated carbocycles. The van der Waals surface area contributed by atoms with Gasteiger partial charge in [-0.3, -0.25) is 10.1 Å². The van der Waals surface area contributed by atoms with E-state index in [2.05, 4.69) is 0 Å². The molecule has 0 saturated heterocycles. The third kappa shape index (κ3) is 3.21. The van der Waals surface area contributed by atoms with Gasteiger partial charge in [-0.1, -0.05) is 23.7 Å². The first kappa shape index (κ1) is 13.3. The molecule has 19 heavy (non-hydrogen) atoms. The maximum absolute atomic E-state index is 10.7. The van der Waals surface area contributed by atoms with Crippen LogP contribution in [-0.4, -0.2) is 4.92 Å². The van der Waals surface area contributed by atoms with Crippen LogP contribution in [0.4, 0.5) is 5.69 Å². The second-order valence-electron chi connectivity index (χ2n) is 3.81. The fourth-order valence-electron chi connectivity index (χ4n) is 1.58. The maximum Gasteiger partial charge on any atom is 0.273 e. The number of nitro groups is 1. The number of benzene rings is 2. The standard InChI is InChI=1S/C13H11ClN2O3/c14-10-5-4-9(8-15)13(6-10)19-12-3-1-2-11(7-12)16(17)18/h1-7H,8,15H2. The monoisotopic (exact) mass is 278 g/mol. The van der Waals surface area contributed by atoms with Crippen LogP contribution in [0.1, 0.15) is 5.56 Å². The number of nitrogens with two attached hydrogens (primary N) is 1. The van der Waals surface area contributed by atoms with Gasteiger partial charge in [0.2, 0.25) is 0 Å². The number of nitrogens with zero attached hydrogens (tertiary/aromatic N) is 1. The van der Waals surface area contributed by atoms with Crippen molar-refractivity contribution in [3.63, 3.8) is 0 Å². The Bertz CT molecular complexity index is 617. The Morgan fingerprint density at radius 1 is 1.26 bits per heavy atom. The van der Waals surface area contributed by atoms with Gasteiger partial charge < -0.3 is 10.5 Å². The predicted octanol–water partition coefficient (Wildman–Crippen LogP) is 3.50. The summed E-state index contributed by atoms with van der Waals surface area (Å²) in [6, 6.07) is 11.0. The lowest BCUT2D eigenvalue weighted by Gasteiger charge is -2.10. The van der Waals surface area contributed by atoms with Crippen molar-refractivity contribution >= 4 is 17.3 Å². The highest BCUT2D eigenvalue weighted by molar-refractivity contribution is 6.30. The molecule has 0 unspecified atom stereocenters. The summed E-state index contributed by atoms with van der Waals surface area (Å²) in [7, 11) is 0. The first-order chi connectivity index (χ1) is 9.10. The topological polar surface area (TPSA) is 78.4 Å². The quantitative estimate of drug-likeness (QED) is 0.686. The van der Waals surface area contributed by atoms with Gasteiger partial charge in [-0.15, -0.1) is 0 Å². The van der Waals surface area contributed by atoms with Crippen LogP contribution in [0.25, 0.3) is 0 Å². The van der Waals surface area contributed by atoms with E-state index in [4.69, 9.17) is 22.1 Å². The maximum atomic E-state index is 10.7. The molecule has 0 aliphatic heterocycles. The van der Waals surface area contributed by atoms with Crippen LogP contribution in [0.5, 0.6) is 11.5 Å². The van der Waals surface area contributed by atoms with Crippen molar-refractivity contribution in [3.05, 3.63) is 63.2 Å². The lowest BCUT2D eigenvalue weighted by molar-refractivity contribution is -0.384. The number of nitro benzene ring substituents is 1. The third-order valence-corrected chi connectivity index (χ3v) is 2.74. The van der Waals surface area contributed by atoms with Crippen LogP contribution in [0.3, 0.4) is 0 Å². The largest absolute Gasteiger partial charge is 0.457 e. The smallest absolute Gasteiger partial charge is 0.273 e. The number of non-ortho nitro benzene ring substituents is 1. The summed E-state index contributed by atoms with van der Waals surface area (Å²) in [4.78, 5) is 10.2. The fourth-order valence-corrected chi connectivity index (χ4v) is 1.74. The van der Waals surface area contributed by atoms with Gasteiger partial charge in [0.05, 0.1) is 11.0 Å². The van der Waals surface area contributed by atoms with Gasteiger partial charge in [0, 0.05) is 23.2 Å². The number of rotatable bonds is 4. The Kier molecular flexibility index (Phi) is 3.99. The van der Waals surface area contributed by atoms with Crippen molar-refractivity contribution in [2.24, 2.45) is 5.73 Å². The summed E-state index contributed by atoms with van der Waals surface area (Å²) in [6.07, 6.45) is 0. The van der Waals surface area contributed by atoms with Crippen molar-refractivity contribution in [3.8, 4) is 11.5 Å². The zero-order valence-electron chi connectivity index (χ0n) is 9.88. The van der Waals surface area contributed by atoms with Crippen LogP contribution in [0.15, 0.2) is 42.5 Å². The third-order valence-electron chi connectivity index (χ3n) is 2.51. The van der Waals surface area contributed by atoms with E-state index in [0.717, 1.165) is 5.56 Å². The van der Waals surface area contributed by atoms with E-state index in [1.54, 1.807) is 30.3 Å². The van der Waals surface area contributed by atoms with Crippen molar-refractivity contribution < 1.29 is 9.66 Å². The van der Waals surface area contributed by atoms with Crippen molar-refractivity contribution in [1.82, 2.24) is 0 Å². The molecule has 5 nitrogen and oxygen atoms in total. The minimum atomic E-state index is -0.478. The number of hydrogen-bond acceptors (Lipinski definition) is 4. The highest BCUT2D eigenvalue weighted by Crippen LogP contribution is 2.29. The molecule has 98 valence electrons. The summed E-state index contributed by atoms with van der Waals surface area (Å²) < 4.78 is 5.60. The van der Waals surface area contributed by atoms with Gasteiger partial charge in [0.1, 0.15) is 11.5 Å². The summed E-state index contributed by atoms with van der Waals surface area (Å²) in [5.41, 5.74) is 6.34. The molecule has 0 amide bonds. The van der Waals surface area contributed by atoms with Gasteiger partial charge in [-0.2, -0.15) is 0 Å². The Morgan fingerprint density at radius 2 is 2.05 bits per heavy atom. The molecule has 2 rings (SSSR count). The summed E-state index contributed by atoms with van der Waals surface area (Å²) in [5.74, 6) is 0.863.